The molecule has 4 heteroatoms. The van der Waals surface area contributed by atoms with Crippen molar-refractivity contribution in [3.05, 3.63) is 36.5 Å². The molecular formula is C55H108O3Si. The van der Waals surface area contributed by atoms with Crippen molar-refractivity contribution in [1.29, 1.82) is 0 Å². The fourth-order valence-electron chi connectivity index (χ4n) is 7.95. The van der Waals surface area contributed by atoms with Gasteiger partial charge in [0.25, 0.3) is 0 Å². The Bertz CT molecular complexity index is 746. The first-order chi connectivity index (χ1) is 29.2. The molecular weight excluding hydrogens is 737 g/mol. The van der Waals surface area contributed by atoms with Gasteiger partial charge in [0.1, 0.15) is 0 Å². The van der Waals surface area contributed by atoms with Crippen LogP contribution in [-0.2, 0) is 13.3 Å². The maximum absolute atomic E-state index is 6.48. The first-order valence-electron chi connectivity index (χ1n) is 27.0. The molecule has 0 saturated carbocycles. The van der Waals surface area contributed by atoms with E-state index in [0.717, 1.165) is 39.1 Å². The first-order valence-corrected chi connectivity index (χ1v) is 29.3. The third-order valence-electron chi connectivity index (χ3n) is 12.1. The van der Waals surface area contributed by atoms with E-state index in [1.54, 1.807) is 0 Å². The van der Waals surface area contributed by atoms with E-state index in [2.05, 4.69) is 63.8 Å². The minimum absolute atomic E-state index is 0.782. The standard InChI is InChI=1S/C55H108O3Si/c1-5-8-11-14-17-20-23-26-29-32-35-38-41-44-47-50-53-56-59(4,57-54-51-48-45-42-39-36-33-30-27-24-21-18-15-12-9-6-2)58-55-52-49-46-43-40-37-34-31-28-25-22-19-16-13-10-7-3/h26-31H,5-25,32-55H2,1-4H3/b29-26-,30-27-,31-28-. The predicted molar refractivity (Wildman–Crippen MR) is 268 cm³/mol. The molecule has 0 atom stereocenters. The lowest BCUT2D eigenvalue weighted by Crippen LogP contribution is -2.43. The molecule has 0 aromatic carbocycles. The number of hydrogen-bond acceptors (Lipinski definition) is 3. The zero-order chi connectivity index (χ0) is 42.7. The van der Waals surface area contributed by atoms with Gasteiger partial charge in [-0.15, -0.1) is 0 Å². The van der Waals surface area contributed by atoms with E-state index in [1.807, 2.05) is 0 Å². The van der Waals surface area contributed by atoms with Gasteiger partial charge in [-0.05, 0) is 96.3 Å². The van der Waals surface area contributed by atoms with Crippen molar-refractivity contribution < 1.29 is 13.3 Å². The summed E-state index contributed by atoms with van der Waals surface area (Å²) in [5, 5.41) is 0. The topological polar surface area (TPSA) is 27.7 Å². The normalized spacial score (nSPS) is 12.4. The van der Waals surface area contributed by atoms with Gasteiger partial charge in [0.2, 0.25) is 0 Å². The fourth-order valence-corrected chi connectivity index (χ4v) is 9.74. The van der Waals surface area contributed by atoms with Crippen LogP contribution in [0.3, 0.4) is 0 Å². The number of rotatable bonds is 51. The van der Waals surface area contributed by atoms with E-state index < -0.39 is 8.80 Å². The van der Waals surface area contributed by atoms with Gasteiger partial charge in [-0.1, -0.05) is 231 Å². The van der Waals surface area contributed by atoms with E-state index in [1.165, 1.54) is 250 Å². The van der Waals surface area contributed by atoms with E-state index in [4.69, 9.17) is 13.3 Å². The van der Waals surface area contributed by atoms with Crippen LogP contribution in [0.5, 0.6) is 0 Å². The van der Waals surface area contributed by atoms with Crippen LogP contribution in [0, 0.1) is 0 Å². The van der Waals surface area contributed by atoms with Crippen molar-refractivity contribution in [3.8, 4) is 0 Å². The van der Waals surface area contributed by atoms with Gasteiger partial charge in [-0.3, -0.25) is 0 Å². The Kier molecular flexibility index (Phi) is 51.1. The lowest BCUT2D eigenvalue weighted by Gasteiger charge is -2.26. The third-order valence-corrected chi connectivity index (χ3v) is 14.2. The summed E-state index contributed by atoms with van der Waals surface area (Å²) in [4.78, 5) is 0. The lowest BCUT2D eigenvalue weighted by atomic mass is 10.1. The second kappa shape index (κ2) is 51.7. The van der Waals surface area contributed by atoms with E-state index in [9.17, 15) is 0 Å². The smallest absolute Gasteiger partial charge is 0.374 e. The van der Waals surface area contributed by atoms with Gasteiger partial charge in [0.05, 0.1) is 0 Å². The Hall–Kier alpha value is -0.683. The molecule has 3 nitrogen and oxygen atoms in total. The van der Waals surface area contributed by atoms with Gasteiger partial charge in [-0.2, -0.15) is 0 Å². The van der Waals surface area contributed by atoms with Gasteiger partial charge >= 0.3 is 8.80 Å². The molecule has 0 aromatic heterocycles. The van der Waals surface area contributed by atoms with Crippen LogP contribution < -0.4 is 0 Å². The quantitative estimate of drug-likeness (QED) is 0.0347. The summed E-state index contributed by atoms with van der Waals surface area (Å²) < 4.78 is 19.4. The molecule has 0 bridgehead atoms. The zero-order valence-electron chi connectivity index (χ0n) is 41.0. The van der Waals surface area contributed by atoms with Gasteiger partial charge in [-0.25, -0.2) is 0 Å². The van der Waals surface area contributed by atoms with Gasteiger partial charge in [0, 0.05) is 26.4 Å². The summed E-state index contributed by atoms with van der Waals surface area (Å²) in [5.74, 6) is 0. The summed E-state index contributed by atoms with van der Waals surface area (Å²) in [6, 6.07) is 0. The van der Waals surface area contributed by atoms with Crippen LogP contribution in [0.25, 0.3) is 0 Å². The Morgan fingerprint density at radius 1 is 0.237 bits per heavy atom. The Morgan fingerprint density at radius 3 is 0.610 bits per heavy atom. The molecule has 0 radical (unpaired) electrons. The molecule has 59 heavy (non-hydrogen) atoms. The highest BCUT2D eigenvalue weighted by Gasteiger charge is 2.34. The highest BCUT2D eigenvalue weighted by molar-refractivity contribution is 6.59. The monoisotopic (exact) mass is 845 g/mol. The van der Waals surface area contributed by atoms with Gasteiger partial charge < -0.3 is 13.3 Å². The van der Waals surface area contributed by atoms with Gasteiger partial charge in [0.15, 0.2) is 0 Å². The molecule has 0 aromatic rings. The minimum atomic E-state index is -2.60. The van der Waals surface area contributed by atoms with Crippen molar-refractivity contribution in [3.63, 3.8) is 0 Å². The molecule has 350 valence electrons. The summed E-state index contributed by atoms with van der Waals surface area (Å²) in [7, 11) is -2.60. The van der Waals surface area contributed by atoms with Crippen molar-refractivity contribution in [1.82, 2.24) is 0 Å². The van der Waals surface area contributed by atoms with E-state index >= 15 is 0 Å². The average molecular weight is 846 g/mol. The van der Waals surface area contributed by atoms with E-state index in [0.29, 0.717) is 0 Å². The molecule has 0 fully saturated rings. The molecule has 0 aliphatic heterocycles. The second-order valence-corrected chi connectivity index (χ2v) is 20.8. The lowest BCUT2D eigenvalue weighted by molar-refractivity contribution is 0.0616. The van der Waals surface area contributed by atoms with Crippen molar-refractivity contribution in [2.75, 3.05) is 19.8 Å². The SMILES string of the molecule is CCCCCCCC/C=C\CCCCCCCCO[Si](C)(OCCCCCCCC/C=C\CCCCCCCC)OCCCCCCCC/C=C\CCCCCCCC. The van der Waals surface area contributed by atoms with Crippen LogP contribution in [-0.4, -0.2) is 28.6 Å². The van der Waals surface area contributed by atoms with Crippen molar-refractivity contribution in [2.24, 2.45) is 0 Å². The molecule has 0 aliphatic carbocycles. The van der Waals surface area contributed by atoms with E-state index in [-0.39, 0.29) is 0 Å². The second-order valence-electron chi connectivity index (χ2n) is 18.2. The van der Waals surface area contributed by atoms with Crippen LogP contribution in [0.2, 0.25) is 6.55 Å². The van der Waals surface area contributed by atoms with Crippen LogP contribution in [0.1, 0.15) is 290 Å². The Balaban J connectivity index is 4.18. The maximum atomic E-state index is 6.48. The number of hydrogen-bond donors (Lipinski definition) is 0. The molecule has 0 heterocycles. The summed E-state index contributed by atoms with van der Waals surface area (Å²) in [6.07, 6.45) is 70.5. The minimum Gasteiger partial charge on any atom is -0.374 e. The Labute approximate surface area is 373 Å². The zero-order valence-corrected chi connectivity index (χ0v) is 42.0. The highest BCUT2D eigenvalue weighted by atomic mass is 28.4. The van der Waals surface area contributed by atoms with Crippen LogP contribution >= 0.6 is 0 Å². The number of unbranched alkanes of at least 4 members (excludes halogenated alkanes) is 36. The van der Waals surface area contributed by atoms with Crippen molar-refractivity contribution >= 4 is 8.80 Å². The summed E-state index contributed by atoms with van der Waals surface area (Å²) in [5.41, 5.74) is 0. The Morgan fingerprint density at radius 2 is 0.407 bits per heavy atom. The summed E-state index contributed by atoms with van der Waals surface area (Å²) >= 11 is 0. The molecule has 0 saturated heterocycles. The van der Waals surface area contributed by atoms with Crippen LogP contribution in [0.4, 0.5) is 0 Å². The fraction of sp³-hybridized carbons (Fsp3) is 0.891. The third kappa shape index (κ3) is 49.8. The van der Waals surface area contributed by atoms with Crippen LogP contribution in [0.15, 0.2) is 36.5 Å². The predicted octanol–water partition coefficient (Wildman–Crippen LogP) is 19.7. The molecule has 0 unspecified atom stereocenters. The number of allylic oxidation sites excluding steroid dienone is 6. The largest absolute Gasteiger partial charge is 0.497 e. The van der Waals surface area contributed by atoms with Crippen molar-refractivity contribution in [2.45, 2.75) is 297 Å². The molecule has 0 amide bonds. The maximum Gasteiger partial charge on any atom is 0.497 e. The molecule has 0 rings (SSSR count). The molecule has 0 N–H and O–H groups in total. The molecule has 0 aliphatic rings. The first kappa shape index (κ1) is 58.3. The molecule has 0 spiro atoms. The highest BCUT2D eigenvalue weighted by Crippen LogP contribution is 2.17. The summed E-state index contributed by atoms with van der Waals surface area (Å²) in [6.45, 7) is 11.4. The average Bonchev–Trinajstić information content (AvgIpc) is 3.24.